The lowest BCUT2D eigenvalue weighted by Gasteiger charge is -2.36. The number of carboxylic acids is 1. The van der Waals surface area contributed by atoms with Crippen molar-refractivity contribution in [1.29, 1.82) is 0 Å². The summed E-state index contributed by atoms with van der Waals surface area (Å²) in [4.78, 5) is 81.4. The number of alkyl carbamates (subject to hydrolysis) is 1. The Kier molecular flexibility index (Phi) is 13.8. The minimum absolute atomic E-state index is 0.0237. The second kappa shape index (κ2) is 19.1. The zero-order valence-electron chi connectivity index (χ0n) is 37.1. The number of aromatic nitrogens is 2. The Morgan fingerprint density at radius 1 is 1.06 bits per heavy atom. The van der Waals surface area contributed by atoms with Crippen LogP contribution in [0, 0.1) is 11.3 Å². The van der Waals surface area contributed by atoms with Crippen LogP contribution in [0.4, 0.5) is 9.93 Å². The van der Waals surface area contributed by atoms with Crippen molar-refractivity contribution >= 4 is 57.2 Å². The van der Waals surface area contributed by atoms with Crippen molar-refractivity contribution in [2.45, 2.75) is 135 Å². The molecule has 0 spiro atoms. The molecule has 7 rings (SSSR count). The quantitative estimate of drug-likeness (QED) is 0.152. The van der Waals surface area contributed by atoms with E-state index in [9.17, 15) is 29.1 Å². The predicted octanol–water partition coefficient (Wildman–Crippen LogP) is 6.54. The van der Waals surface area contributed by atoms with Gasteiger partial charge in [-0.2, -0.15) is 0 Å². The lowest BCUT2D eigenvalue weighted by Crippen LogP contribution is -2.56. The van der Waals surface area contributed by atoms with Crippen molar-refractivity contribution in [1.82, 2.24) is 30.4 Å². The molecular formula is C46H61N7O9S. The zero-order valence-corrected chi connectivity index (χ0v) is 37.9. The lowest BCUT2D eigenvalue weighted by molar-refractivity contribution is -0.145. The molecule has 4 N–H and O–H groups in total. The van der Waals surface area contributed by atoms with Gasteiger partial charge in [-0.15, -0.1) is 11.3 Å². The van der Waals surface area contributed by atoms with Crippen LogP contribution in [-0.2, 0) is 23.9 Å². The number of fused-ring (bicyclic) bond motifs is 3. The van der Waals surface area contributed by atoms with Crippen molar-refractivity contribution in [2.24, 2.45) is 11.3 Å². The number of anilines is 1. The molecule has 4 aliphatic rings. The van der Waals surface area contributed by atoms with E-state index in [0.29, 0.717) is 59.6 Å². The van der Waals surface area contributed by atoms with Gasteiger partial charge < -0.3 is 45.1 Å². The van der Waals surface area contributed by atoms with Crippen LogP contribution in [0.25, 0.3) is 22.3 Å². The smallest absolute Gasteiger partial charge is 0.408 e. The van der Waals surface area contributed by atoms with Crippen LogP contribution in [0.1, 0.15) is 98.8 Å². The summed E-state index contributed by atoms with van der Waals surface area (Å²) in [7, 11) is 1.57. The highest BCUT2D eigenvalue weighted by molar-refractivity contribution is 7.14. The molecule has 3 aromatic rings. The number of allylic oxidation sites excluding steroid dienone is 1. The number of likely N-dealkylation sites (tertiary alicyclic amines) is 1. The van der Waals surface area contributed by atoms with Crippen molar-refractivity contribution in [3.05, 3.63) is 41.8 Å². The third-order valence-corrected chi connectivity index (χ3v) is 13.2. The molecule has 17 heteroatoms. The molecule has 6 atom stereocenters. The molecule has 5 heterocycles. The van der Waals surface area contributed by atoms with Crippen molar-refractivity contribution in [3.8, 4) is 22.9 Å². The minimum Gasteiger partial charge on any atom is -0.497 e. The topological polar surface area (TPSA) is 202 Å². The second-order valence-corrected chi connectivity index (χ2v) is 19.5. The van der Waals surface area contributed by atoms with E-state index in [1.807, 2.05) is 58.2 Å². The molecule has 0 radical (unpaired) electrons. The van der Waals surface area contributed by atoms with E-state index < -0.39 is 59.1 Å². The average Bonchev–Trinajstić information content (AvgIpc) is 3.49. The van der Waals surface area contributed by atoms with E-state index in [1.54, 1.807) is 30.2 Å². The summed E-state index contributed by atoms with van der Waals surface area (Å²) in [5, 5.41) is 22.7. The Morgan fingerprint density at radius 3 is 2.60 bits per heavy atom. The van der Waals surface area contributed by atoms with E-state index in [4.69, 9.17) is 24.2 Å². The maximum absolute atomic E-state index is 14.9. The van der Waals surface area contributed by atoms with Crippen LogP contribution in [0.3, 0.4) is 0 Å². The number of amides is 4. The number of hydrogen-bond donors (Lipinski definition) is 4. The molecule has 63 heavy (non-hydrogen) atoms. The molecule has 2 unspecified atom stereocenters. The highest BCUT2D eigenvalue weighted by Gasteiger charge is 2.61. The number of carbonyl (C=O) groups is 5. The molecule has 2 aromatic heterocycles. The Balaban J connectivity index is 1.19. The highest BCUT2D eigenvalue weighted by atomic mass is 32.1. The van der Waals surface area contributed by atoms with E-state index in [1.165, 1.54) is 16.2 Å². The number of carbonyl (C=O) groups excluding carboxylic acids is 4. The highest BCUT2D eigenvalue weighted by Crippen LogP contribution is 2.46. The summed E-state index contributed by atoms with van der Waals surface area (Å²) in [6, 6.07) is 5.24. The molecule has 0 bridgehead atoms. The molecule has 16 nitrogen and oxygen atoms in total. The van der Waals surface area contributed by atoms with Crippen LogP contribution >= 0.6 is 11.3 Å². The van der Waals surface area contributed by atoms with E-state index >= 15 is 0 Å². The summed E-state index contributed by atoms with van der Waals surface area (Å²) in [6.45, 7) is 10.7. The number of ether oxygens (including phenoxy) is 3. The van der Waals surface area contributed by atoms with E-state index in [2.05, 4.69) is 16.0 Å². The first-order chi connectivity index (χ1) is 30.0. The number of nitrogens with zero attached hydrogens (tertiary/aromatic N) is 4. The molecule has 3 aliphatic heterocycles. The summed E-state index contributed by atoms with van der Waals surface area (Å²) in [5.74, 6) is -1.56. The molecule has 1 aromatic carbocycles. The van der Waals surface area contributed by atoms with Gasteiger partial charge in [0.1, 0.15) is 47.0 Å². The van der Waals surface area contributed by atoms with Crippen LogP contribution in [-0.4, -0.2) is 117 Å². The summed E-state index contributed by atoms with van der Waals surface area (Å²) in [6.07, 6.45) is 7.24. The number of benzene rings is 1. The Hall–Kier alpha value is -5.45. The zero-order chi connectivity index (χ0) is 45.1. The number of piperidine rings is 1. The summed E-state index contributed by atoms with van der Waals surface area (Å²) in [5.41, 5.74) is -0.237. The number of hydrogen-bond acceptors (Lipinski definition) is 12. The van der Waals surface area contributed by atoms with Gasteiger partial charge in [0.2, 0.25) is 17.7 Å². The van der Waals surface area contributed by atoms with Gasteiger partial charge >= 0.3 is 12.1 Å². The molecule has 1 saturated carbocycles. The fourth-order valence-corrected chi connectivity index (χ4v) is 9.46. The van der Waals surface area contributed by atoms with Crippen LogP contribution in [0.15, 0.2) is 41.8 Å². The van der Waals surface area contributed by atoms with Gasteiger partial charge in [0.25, 0.3) is 0 Å². The van der Waals surface area contributed by atoms with Gasteiger partial charge in [-0.25, -0.2) is 19.6 Å². The number of methoxy groups -OCH3 is 1. The number of nitrogens with one attached hydrogen (secondary N) is 3. The molecule has 3 fully saturated rings. The number of thiazole rings is 1. The predicted molar refractivity (Wildman–Crippen MR) is 239 cm³/mol. The average molecular weight is 888 g/mol. The van der Waals surface area contributed by atoms with E-state index in [0.717, 1.165) is 30.8 Å². The van der Waals surface area contributed by atoms with Gasteiger partial charge in [-0.1, -0.05) is 45.8 Å². The monoisotopic (exact) mass is 887 g/mol. The second-order valence-electron chi connectivity index (χ2n) is 18.6. The van der Waals surface area contributed by atoms with Crippen LogP contribution < -0.4 is 25.4 Å². The fraction of sp³-hybridized carbons (Fsp3) is 0.587. The fourth-order valence-electron chi connectivity index (χ4n) is 8.61. The first-order valence-corrected chi connectivity index (χ1v) is 23.1. The van der Waals surface area contributed by atoms with Crippen LogP contribution in [0.2, 0.25) is 0 Å². The largest absolute Gasteiger partial charge is 0.497 e. The standard InChI is InChI=1S/C46H61N7O9S/c1-27(2)47-43-49-35(26-63-43)34-22-37(31-18-17-29(60-6)20-33(31)48-34)61-30-21-36-40(55)51-46(42(57)58)23-28(46)14-10-8-7-9-11-15-32(41(56)53(36)24-30)50-44(59)62-38(45(3,4)5)25-52-19-13-12-16-39(52)54/h10,14,17-18,20,22,26-28,30,32,36,38H,7-9,11-13,15-16,19,21,23-25H2,1-6H3,(H,47,49)(H,50,59)(H,51,55)(H,57,58)/b14-10-/t28?,30?,32-,36-,38+,46+/m0/s1. The third-order valence-electron chi connectivity index (χ3n) is 12.4. The molecule has 4 amide bonds. The first-order valence-electron chi connectivity index (χ1n) is 22.2. The van der Waals surface area contributed by atoms with E-state index in [-0.39, 0.29) is 50.2 Å². The molecule has 1 aliphatic carbocycles. The number of pyridine rings is 1. The first kappa shape index (κ1) is 45.6. The SMILES string of the molecule is COc1ccc2c(OC3C[C@H]4C(=O)N[C@]5(C(=O)O)CC5/C=C\CCCCC[C@H](NC(=O)O[C@H](CN5CCCCC5=O)C(C)(C)C)C(=O)N4C3)cc(-c3csc(NC(C)C)n3)nc2c1. The minimum atomic E-state index is -1.49. The molecule has 2 saturated heterocycles. The van der Waals surface area contributed by atoms with Crippen molar-refractivity contribution < 1.29 is 43.3 Å². The number of rotatable bonds is 11. The van der Waals surface area contributed by atoms with Gasteiger partial charge in [-0.3, -0.25) is 14.4 Å². The van der Waals surface area contributed by atoms with Crippen molar-refractivity contribution in [2.75, 3.05) is 32.1 Å². The Bertz CT molecular complexity index is 2220. The number of carboxylic acid groups (broad SMARTS) is 1. The Labute approximate surface area is 372 Å². The van der Waals surface area contributed by atoms with Gasteiger partial charge in [0.15, 0.2) is 5.13 Å². The maximum atomic E-state index is 14.9. The number of aliphatic carboxylic acids is 1. The van der Waals surface area contributed by atoms with Crippen LogP contribution in [0.5, 0.6) is 11.5 Å². The normalized spacial score (nSPS) is 25.5. The summed E-state index contributed by atoms with van der Waals surface area (Å²) < 4.78 is 18.3. The molecular weight excluding hydrogens is 827 g/mol. The van der Waals surface area contributed by atoms with Gasteiger partial charge in [-0.05, 0) is 64.5 Å². The summed E-state index contributed by atoms with van der Waals surface area (Å²) >= 11 is 1.46. The van der Waals surface area contributed by atoms with Gasteiger partial charge in [0.05, 0.1) is 31.4 Å². The maximum Gasteiger partial charge on any atom is 0.408 e. The Morgan fingerprint density at radius 2 is 1.87 bits per heavy atom. The third kappa shape index (κ3) is 10.7. The lowest BCUT2D eigenvalue weighted by atomic mass is 9.88. The van der Waals surface area contributed by atoms with Gasteiger partial charge in [0, 0.05) is 59.7 Å². The molecule has 340 valence electrons. The van der Waals surface area contributed by atoms with Crippen molar-refractivity contribution in [3.63, 3.8) is 0 Å².